The summed E-state index contributed by atoms with van der Waals surface area (Å²) in [6.07, 6.45) is 1.59. The van der Waals surface area contributed by atoms with Gasteiger partial charge in [0, 0.05) is 24.8 Å². The molecule has 1 aromatic carbocycles. The van der Waals surface area contributed by atoms with E-state index in [4.69, 9.17) is 17.3 Å². The van der Waals surface area contributed by atoms with Crippen LogP contribution in [0.4, 0.5) is 5.69 Å². The van der Waals surface area contributed by atoms with Gasteiger partial charge < -0.3 is 10.6 Å². The third kappa shape index (κ3) is 3.51. The van der Waals surface area contributed by atoms with Gasteiger partial charge in [0.1, 0.15) is 4.90 Å². The second-order valence-electron chi connectivity index (χ2n) is 5.48. The number of sulfonamides is 1. The van der Waals surface area contributed by atoms with Crippen LogP contribution >= 0.6 is 11.6 Å². The summed E-state index contributed by atoms with van der Waals surface area (Å²) in [5.41, 5.74) is 6.11. The van der Waals surface area contributed by atoms with Gasteiger partial charge in [0.05, 0.1) is 5.02 Å². The molecule has 21 heavy (non-hydrogen) atoms. The summed E-state index contributed by atoms with van der Waals surface area (Å²) in [7, 11) is -1.58. The monoisotopic (exact) mass is 331 g/mol. The van der Waals surface area contributed by atoms with E-state index >= 15 is 0 Å². The summed E-state index contributed by atoms with van der Waals surface area (Å²) in [6.45, 7) is 4.17. The SMILES string of the molecule is CCC1CN(C)CCCN1S(=O)(=O)c1ccc(N)cc1Cl. The second kappa shape index (κ2) is 6.52. The first-order valence-electron chi connectivity index (χ1n) is 7.11. The minimum Gasteiger partial charge on any atom is -0.399 e. The van der Waals surface area contributed by atoms with Gasteiger partial charge in [-0.05, 0) is 44.6 Å². The fourth-order valence-electron chi connectivity index (χ4n) is 2.72. The van der Waals surface area contributed by atoms with Crippen molar-refractivity contribution in [3.63, 3.8) is 0 Å². The summed E-state index contributed by atoms with van der Waals surface area (Å²) in [5, 5.41) is 0.183. The van der Waals surface area contributed by atoms with Gasteiger partial charge in [-0.2, -0.15) is 4.31 Å². The maximum atomic E-state index is 12.9. The zero-order chi connectivity index (χ0) is 15.6. The predicted octanol–water partition coefficient (Wildman–Crippen LogP) is 2.03. The standard InChI is InChI=1S/C14H22ClN3O2S/c1-3-12-10-17(2)7-4-8-18(12)21(19,20)14-6-5-11(16)9-13(14)15/h5-6,9,12H,3-4,7-8,10,16H2,1-2H3. The molecule has 1 fully saturated rings. The van der Waals surface area contributed by atoms with Crippen LogP contribution < -0.4 is 5.73 Å². The van der Waals surface area contributed by atoms with E-state index in [1.54, 1.807) is 10.4 Å². The first-order chi connectivity index (χ1) is 9.86. The molecule has 0 saturated carbocycles. The number of benzene rings is 1. The van der Waals surface area contributed by atoms with Gasteiger partial charge in [0.15, 0.2) is 0 Å². The maximum Gasteiger partial charge on any atom is 0.244 e. The highest BCUT2D eigenvalue weighted by molar-refractivity contribution is 7.89. The molecule has 1 unspecified atom stereocenters. The minimum absolute atomic E-state index is 0.0314. The normalized spacial score (nSPS) is 22.1. The summed E-state index contributed by atoms with van der Waals surface area (Å²) >= 11 is 6.10. The predicted molar refractivity (Wildman–Crippen MR) is 85.9 cm³/mol. The Morgan fingerprint density at radius 1 is 1.38 bits per heavy atom. The topological polar surface area (TPSA) is 66.6 Å². The Hall–Kier alpha value is -0.820. The van der Waals surface area contributed by atoms with E-state index in [0.717, 1.165) is 25.9 Å². The van der Waals surface area contributed by atoms with Crippen molar-refractivity contribution >= 4 is 27.3 Å². The fraction of sp³-hybridized carbons (Fsp3) is 0.571. The number of nitrogen functional groups attached to an aromatic ring is 1. The third-order valence-electron chi connectivity index (χ3n) is 3.86. The molecule has 0 radical (unpaired) electrons. The number of likely N-dealkylation sites (N-methyl/N-ethyl adjacent to an activating group) is 1. The Kier molecular flexibility index (Phi) is 5.14. The highest BCUT2D eigenvalue weighted by Crippen LogP contribution is 2.29. The Morgan fingerprint density at radius 3 is 2.71 bits per heavy atom. The molecule has 0 aliphatic carbocycles. The molecule has 0 bridgehead atoms. The van der Waals surface area contributed by atoms with E-state index in [0.29, 0.717) is 12.2 Å². The zero-order valence-electron chi connectivity index (χ0n) is 12.4. The van der Waals surface area contributed by atoms with Gasteiger partial charge in [-0.3, -0.25) is 0 Å². The Labute approximate surface area is 131 Å². The number of hydrogen-bond donors (Lipinski definition) is 1. The smallest absolute Gasteiger partial charge is 0.244 e. The lowest BCUT2D eigenvalue weighted by Gasteiger charge is -2.29. The summed E-state index contributed by atoms with van der Waals surface area (Å²) in [5.74, 6) is 0. The molecular formula is C14H22ClN3O2S. The van der Waals surface area contributed by atoms with Gasteiger partial charge in [-0.25, -0.2) is 8.42 Å². The van der Waals surface area contributed by atoms with E-state index in [-0.39, 0.29) is 16.0 Å². The number of nitrogens with two attached hydrogens (primary N) is 1. The van der Waals surface area contributed by atoms with Crippen molar-refractivity contribution in [3.05, 3.63) is 23.2 Å². The van der Waals surface area contributed by atoms with Crippen LogP contribution in [0.1, 0.15) is 19.8 Å². The van der Waals surface area contributed by atoms with E-state index in [2.05, 4.69) is 4.90 Å². The molecule has 1 heterocycles. The summed E-state index contributed by atoms with van der Waals surface area (Å²) < 4.78 is 27.5. The van der Waals surface area contributed by atoms with Crippen LogP contribution in [0.15, 0.2) is 23.1 Å². The largest absolute Gasteiger partial charge is 0.399 e. The molecule has 0 aromatic heterocycles. The van der Waals surface area contributed by atoms with Crippen LogP contribution in [0.2, 0.25) is 5.02 Å². The average molecular weight is 332 g/mol. The molecule has 1 aliphatic rings. The second-order valence-corrected chi connectivity index (χ2v) is 7.75. The van der Waals surface area contributed by atoms with Crippen molar-refractivity contribution in [3.8, 4) is 0 Å². The Bertz CT molecular complexity index is 606. The van der Waals surface area contributed by atoms with Crippen LogP contribution in [0.25, 0.3) is 0 Å². The number of hydrogen-bond acceptors (Lipinski definition) is 4. The molecule has 1 atom stereocenters. The van der Waals surface area contributed by atoms with Gasteiger partial charge in [0.2, 0.25) is 10.0 Å². The highest BCUT2D eigenvalue weighted by atomic mass is 35.5. The van der Waals surface area contributed by atoms with Crippen molar-refractivity contribution in [1.29, 1.82) is 0 Å². The molecule has 2 N–H and O–H groups in total. The lowest BCUT2D eigenvalue weighted by atomic mass is 10.2. The van der Waals surface area contributed by atoms with Crippen LogP contribution in [0.3, 0.4) is 0 Å². The average Bonchev–Trinajstić information content (AvgIpc) is 2.59. The van der Waals surface area contributed by atoms with Gasteiger partial charge in [-0.1, -0.05) is 18.5 Å². The first kappa shape index (κ1) is 16.5. The van der Waals surface area contributed by atoms with Gasteiger partial charge >= 0.3 is 0 Å². The molecule has 5 nitrogen and oxygen atoms in total. The quantitative estimate of drug-likeness (QED) is 0.861. The molecule has 2 rings (SSSR count). The Morgan fingerprint density at radius 2 is 2.10 bits per heavy atom. The molecule has 1 aromatic rings. The van der Waals surface area contributed by atoms with Crippen molar-refractivity contribution in [2.75, 3.05) is 32.4 Å². The van der Waals surface area contributed by atoms with Crippen LogP contribution in [-0.4, -0.2) is 50.3 Å². The first-order valence-corrected chi connectivity index (χ1v) is 8.93. The number of anilines is 1. The van der Waals surface area contributed by atoms with Crippen LogP contribution in [0, 0.1) is 0 Å². The van der Waals surface area contributed by atoms with Crippen LogP contribution in [-0.2, 0) is 10.0 Å². The van der Waals surface area contributed by atoms with Gasteiger partial charge in [0.25, 0.3) is 0 Å². The Balaban J connectivity index is 2.41. The minimum atomic E-state index is -3.60. The maximum absolute atomic E-state index is 12.9. The van der Waals surface area contributed by atoms with Gasteiger partial charge in [-0.15, -0.1) is 0 Å². The molecule has 0 amide bonds. The fourth-order valence-corrected chi connectivity index (χ4v) is 4.98. The number of nitrogens with zero attached hydrogens (tertiary/aromatic N) is 2. The van der Waals surface area contributed by atoms with Crippen molar-refractivity contribution in [2.45, 2.75) is 30.7 Å². The molecule has 118 valence electrons. The molecule has 1 saturated heterocycles. The van der Waals surface area contributed by atoms with E-state index in [1.165, 1.54) is 12.1 Å². The van der Waals surface area contributed by atoms with Crippen molar-refractivity contribution in [1.82, 2.24) is 9.21 Å². The van der Waals surface area contributed by atoms with Crippen molar-refractivity contribution < 1.29 is 8.42 Å². The molecule has 0 spiro atoms. The number of halogens is 1. The third-order valence-corrected chi connectivity index (χ3v) is 6.30. The highest BCUT2D eigenvalue weighted by Gasteiger charge is 2.33. The molecular weight excluding hydrogens is 310 g/mol. The molecule has 7 heteroatoms. The summed E-state index contributed by atoms with van der Waals surface area (Å²) in [6, 6.07) is 4.52. The van der Waals surface area contributed by atoms with Crippen molar-refractivity contribution in [2.24, 2.45) is 0 Å². The lowest BCUT2D eigenvalue weighted by molar-refractivity contribution is 0.270. The van der Waals surface area contributed by atoms with Crippen LogP contribution in [0.5, 0.6) is 0 Å². The van der Waals surface area contributed by atoms with E-state index in [1.807, 2.05) is 14.0 Å². The molecule has 1 aliphatic heterocycles. The number of rotatable bonds is 3. The lowest BCUT2D eigenvalue weighted by Crippen LogP contribution is -2.43. The summed E-state index contributed by atoms with van der Waals surface area (Å²) in [4.78, 5) is 2.32. The van der Waals surface area contributed by atoms with E-state index < -0.39 is 10.0 Å². The zero-order valence-corrected chi connectivity index (χ0v) is 14.0. The van der Waals surface area contributed by atoms with E-state index in [9.17, 15) is 8.42 Å².